The quantitative estimate of drug-likeness (QED) is 0.727. The van der Waals surface area contributed by atoms with Crippen LogP contribution in [0.5, 0.6) is 0 Å². The fourth-order valence-corrected chi connectivity index (χ4v) is 4.50. The zero-order valence-electron chi connectivity index (χ0n) is 15.7. The molecule has 1 atom stereocenters. The van der Waals surface area contributed by atoms with E-state index in [1.165, 1.54) is 25.9 Å². The fraction of sp³-hybridized carbons (Fsp3) is 0.944. The Morgan fingerprint density at radius 1 is 1.22 bits per heavy atom. The van der Waals surface area contributed by atoms with E-state index in [9.17, 15) is 4.79 Å². The number of carbonyl (C=O) groups is 1. The predicted octanol–water partition coefficient (Wildman–Crippen LogP) is 2.33. The highest BCUT2D eigenvalue weighted by molar-refractivity contribution is 5.74. The van der Waals surface area contributed by atoms with Crippen molar-refractivity contribution in [2.75, 3.05) is 26.2 Å². The number of hydrogen-bond donors (Lipinski definition) is 3. The summed E-state index contributed by atoms with van der Waals surface area (Å²) in [7, 11) is 0. The van der Waals surface area contributed by atoms with E-state index < -0.39 is 0 Å². The minimum Gasteiger partial charge on any atom is -0.338 e. The molecule has 5 nitrogen and oxygen atoms in total. The molecule has 0 aliphatic carbocycles. The van der Waals surface area contributed by atoms with Crippen LogP contribution in [0.2, 0.25) is 0 Å². The number of piperidine rings is 1. The zero-order valence-corrected chi connectivity index (χ0v) is 15.7. The van der Waals surface area contributed by atoms with Gasteiger partial charge in [-0.15, -0.1) is 0 Å². The molecule has 2 saturated heterocycles. The van der Waals surface area contributed by atoms with Gasteiger partial charge in [-0.25, -0.2) is 4.79 Å². The van der Waals surface area contributed by atoms with Gasteiger partial charge in [0.1, 0.15) is 0 Å². The van der Waals surface area contributed by atoms with E-state index in [2.05, 4.69) is 55.5 Å². The van der Waals surface area contributed by atoms with Crippen LogP contribution in [0, 0.1) is 5.92 Å². The SMILES string of the molecule is CCCN1CCC(CNC(=O)NC2CC(C)(C)NC(C)(C)C2)C1. The second-order valence-corrected chi connectivity index (χ2v) is 8.81. The number of hydrogen-bond acceptors (Lipinski definition) is 3. The molecule has 2 aliphatic rings. The molecule has 2 fully saturated rings. The molecule has 0 aromatic rings. The number of carbonyl (C=O) groups excluding carboxylic acids is 1. The standard InChI is InChI=1S/C18H36N4O/c1-6-8-22-9-7-14(13-22)12-19-16(23)20-15-10-17(2,3)21-18(4,5)11-15/h14-15,21H,6-13H2,1-5H3,(H2,19,20,23). The molecule has 0 bridgehead atoms. The van der Waals surface area contributed by atoms with Gasteiger partial charge in [0, 0.05) is 30.2 Å². The maximum Gasteiger partial charge on any atom is 0.315 e. The molecule has 23 heavy (non-hydrogen) atoms. The smallest absolute Gasteiger partial charge is 0.315 e. The molecule has 2 amide bonds. The molecule has 134 valence electrons. The lowest BCUT2D eigenvalue weighted by molar-refractivity contribution is 0.147. The molecule has 2 heterocycles. The van der Waals surface area contributed by atoms with Crippen LogP contribution in [0.25, 0.3) is 0 Å². The van der Waals surface area contributed by atoms with E-state index in [-0.39, 0.29) is 23.2 Å². The Morgan fingerprint density at radius 2 is 1.87 bits per heavy atom. The number of likely N-dealkylation sites (tertiary alicyclic amines) is 1. The van der Waals surface area contributed by atoms with Crippen molar-refractivity contribution in [2.24, 2.45) is 5.92 Å². The highest BCUT2D eigenvalue weighted by Gasteiger charge is 2.38. The van der Waals surface area contributed by atoms with Gasteiger partial charge in [0.15, 0.2) is 0 Å². The maximum absolute atomic E-state index is 12.2. The summed E-state index contributed by atoms with van der Waals surface area (Å²) in [6, 6.07) is 0.235. The molecule has 0 aromatic carbocycles. The Balaban J connectivity index is 1.72. The Hall–Kier alpha value is -0.810. The molecular weight excluding hydrogens is 288 g/mol. The highest BCUT2D eigenvalue weighted by Crippen LogP contribution is 2.28. The third kappa shape index (κ3) is 5.96. The fourth-order valence-electron chi connectivity index (χ4n) is 4.50. The molecule has 2 aliphatic heterocycles. The molecule has 1 unspecified atom stereocenters. The molecular formula is C18H36N4O. The topological polar surface area (TPSA) is 56.4 Å². The number of urea groups is 1. The van der Waals surface area contributed by atoms with Gasteiger partial charge < -0.3 is 20.9 Å². The van der Waals surface area contributed by atoms with Gasteiger partial charge in [-0.1, -0.05) is 6.92 Å². The van der Waals surface area contributed by atoms with E-state index >= 15 is 0 Å². The lowest BCUT2D eigenvalue weighted by Crippen LogP contribution is -2.62. The van der Waals surface area contributed by atoms with Crippen molar-refractivity contribution >= 4 is 6.03 Å². The van der Waals surface area contributed by atoms with Crippen LogP contribution in [-0.2, 0) is 0 Å². The second kappa shape index (κ2) is 7.39. The number of amides is 2. The Kier molecular flexibility index (Phi) is 5.95. The van der Waals surface area contributed by atoms with E-state index in [4.69, 9.17) is 0 Å². The van der Waals surface area contributed by atoms with Gasteiger partial charge in [0.25, 0.3) is 0 Å². The first kappa shape index (κ1) is 18.5. The average Bonchev–Trinajstić information content (AvgIpc) is 2.80. The molecule has 5 heteroatoms. The molecule has 0 aromatic heterocycles. The number of nitrogens with zero attached hydrogens (tertiary/aromatic N) is 1. The van der Waals surface area contributed by atoms with E-state index in [0.717, 1.165) is 25.9 Å². The monoisotopic (exact) mass is 324 g/mol. The van der Waals surface area contributed by atoms with Gasteiger partial charge in [0.05, 0.1) is 0 Å². The van der Waals surface area contributed by atoms with Gasteiger partial charge in [-0.3, -0.25) is 0 Å². The Labute approximate surface area is 142 Å². The molecule has 2 rings (SSSR count). The first-order valence-corrected chi connectivity index (χ1v) is 9.25. The minimum atomic E-state index is -0.00237. The van der Waals surface area contributed by atoms with Crippen molar-refractivity contribution in [1.29, 1.82) is 0 Å². The first-order chi connectivity index (χ1) is 10.7. The third-order valence-corrected chi connectivity index (χ3v) is 4.99. The van der Waals surface area contributed by atoms with Crippen LogP contribution in [0.3, 0.4) is 0 Å². The Bertz CT molecular complexity index is 392. The second-order valence-electron chi connectivity index (χ2n) is 8.81. The van der Waals surface area contributed by atoms with Crippen molar-refractivity contribution in [1.82, 2.24) is 20.9 Å². The van der Waals surface area contributed by atoms with Crippen LogP contribution in [0.1, 0.15) is 60.3 Å². The maximum atomic E-state index is 12.2. The highest BCUT2D eigenvalue weighted by atomic mass is 16.2. The number of rotatable bonds is 5. The summed E-state index contributed by atoms with van der Waals surface area (Å²) in [4.78, 5) is 14.7. The summed E-state index contributed by atoms with van der Waals surface area (Å²) in [5, 5.41) is 9.93. The lowest BCUT2D eigenvalue weighted by atomic mass is 9.80. The zero-order chi connectivity index (χ0) is 17.1. The molecule has 0 saturated carbocycles. The summed E-state index contributed by atoms with van der Waals surface area (Å²) in [6.45, 7) is 15.3. The van der Waals surface area contributed by atoms with Crippen LogP contribution in [0.4, 0.5) is 4.79 Å². The largest absolute Gasteiger partial charge is 0.338 e. The van der Waals surface area contributed by atoms with Crippen molar-refractivity contribution in [2.45, 2.75) is 77.4 Å². The third-order valence-electron chi connectivity index (χ3n) is 4.99. The van der Waals surface area contributed by atoms with Crippen molar-refractivity contribution < 1.29 is 4.79 Å². The van der Waals surface area contributed by atoms with Crippen LogP contribution in [0.15, 0.2) is 0 Å². The first-order valence-electron chi connectivity index (χ1n) is 9.25. The van der Waals surface area contributed by atoms with Gasteiger partial charge in [-0.05, 0) is 72.4 Å². The summed E-state index contributed by atoms with van der Waals surface area (Å²) in [6.07, 6.45) is 4.35. The van der Waals surface area contributed by atoms with E-state index in [1.54, 1.807) is 0 Å². The summed E-state index contributed by atoms with van der Waals surface area (Å²) in [5.41, 5.74) is 0.123. The van der Waals surface area contributed by atoms with Gasteiger partial charge >= 0.3 is 6.03 Å². The molecule has 0 radical (unpaired) electrons. The summed E-state index contributed by atoms with van der Waals surface area (Å²) < 4.78 is 0. The Morgan fingerprint density at radius 3 is 2.48 bits per heavy atom. The lowest BCUT2D eigenvalue weighted by Gasteiger charge is -2.46. The van der Waals surface area contributed by atoms with E-state index in [0.29, 0.717) is 5.92 Å². The van der Waals surface area contributed by atoms with Crippen LogP contribution in [-0.4, -0.2) is 54.2 Å². The summed E-state index contributed by atoms with van der Waals surface area (Å²) in [5.74, 6) is 0.605. The molecule has 0 spiro atoms. The van der Waals surface area contributed by atoms with E-state index in [1.807, 2.05) is 0 Å². The van der Waals surface area contributed by atoms with Crippen molar-refractivity contribution in [3.63, 3.8) is 0 Å². The number of nitrogens with one attached hydrogen (secondary N) is 3. The predicted molar refractivity (Wildman–Crippen MR) is 95.7 cm³/mol. The minimum absolute atomic E-state index is 0.00237. The van der Waals surface area contributed by atoms with Crippen molar-refractivity contribution in [3.8, 4) is 0 Å². The van der Waals surface area contributed by atoms with Crippen LogP contribution < -0.4 is 16.0 Å². The van der Waals surface area contributed by atoms with Gasteiger partial charge in [-0.2, -0.15) is 0 Å². The van der Waals surface area contributed by atoms with Crippen LogP contribution >= 0.6 is 0 Å². The molecule has 3 N–H and O–H groups in total. The average molecular weight is 325 g/mol. The normalized spacial score (nSPS) is 27.8. The van der Waals surface area contributed by atoms with Crippen molar-refractivity contribution in [3.05, 3.63) is 0 Å². The summed E-state index contributed by atoms with van der Waals surface area (Å²) >= 11 is 0. The van der Waals surface area contributed by atoms with Gasteiger partial charge in [0.2, 0.25) is 0 Å².